The molecule has 1 aromatic carbocycles. The molecular formula is C18H23N3O2. The van der Waals surface area contributed by atoms with E-state index in [1.807, 2.05) is 10.9 Å². The molecule has 5 heteroatoms. The Labute approximate surface area is 136 Å². The molecule has 0 saturated carbocycles. The van der Waals surface area contributed by atoms with E-state index >= 15 is 0 Å². The lowest BCUT2D eigenvalue weighted by molar-refractivity contribution is 0.138. The van der Waals surface area contributed by atoms with Crippen LogP contribution < -0.4 is 4.74 Å². The van der Waals surface area contributed by atoms with Crippen LogP contribution in [0.15, 0.2) is 24.4 Å². The third kappa shape index (κ3) is 2.75. The molecule has 0 fully saturated rings. The first-order chi connectivity index (χ1) is 11.0. The van der Waals surface area contributed by atoms with Gasteiger partial charge in [0.15, 0.2) is 0 Å². The quantitative estimate of drug-likeness (QED) is 0.939. The van der Waals surface area contributed by atoms with Gasteiger partial charge in [-0.1, -0.05) is 12.1 Å². The van der Waals surface area contributed by atoms with E-state index in [-0.39, 0.29) is 12.2 Å². The summed E-state index contributed by atoms with van der Waals surface area (Å²) in [5.41, 5.74) is 5.08. The number of ether oxygens (including phenoxy) is 1. The maximum Gasteiger partial charge on any atom is 0.123 e. The summed E-state index contributed by atoms with van der Waals surface area (Å²) in [6.07, 6.45) is 2.91. The van der Waals surface area contributed by atoms with Crippen LogP contribution >= 0.6 is 0 Å². The summed E-state index contributed by atoms with van der Waals surface area (Å²) in [4.78, 5) is 2.42. The second-order valence-corrected chi connectivity index (χ2v) is 7.19. The summed E-state index contributed by atoms with van der Waals surface area (Å²) in [6, 6.07) is 6.56. The Bertz CT molecular complexity index is 736. The molecule has 122 valence electrons. The van der Waals surface area contributed by atoms with Gasteiger partial charge >= 0.3 is 0 Å². The van der Waals surface area contributed by atoms with Crippen LogP contribution in [0.5, 0.6) is 5.75 Å². The summed E-state index contributed by atoms with van der Waals surface area (Å²) in [5, 5.41) is 13.5. The number of aliphatic hydroxyl groups is 1. The molecule has 3 heterocycles. The maximum absolute atomic E-state index is 9.12. The lowest BCUT2D eigenvalue weighted by Crippen LogP contribution is -2.24. The minimum absolute atomic E-state index is 0.0847. The van der Waals surface area contributed by atoms with Crippen LogP contribution in [0.2, 0.25) is 0 Å². The molecule has 0 atom stereocenters. The highest BCUT2D eigenvalue weighted by molar-refractivity contribution is 5.42. The van der Waals surface area contributed by atoms with Gasteiger partial charge in [0.1, 0.15) is 11.4 Å². The van der Waals surface area contributed by atoms with Crippen molar-refractivity contribution in [2.75, 3.05) is 6.61 Å². The largest absolute Gasteiger partial charge is 0.487 e. The van der Waals surface area contributed by atoms with E-state index in [1.165, 1.54) is 22.4 Å². The average Bonchev–Trinajstić information content (AvgIpc) is 3.11. The summed E-state index contributed by atoms with van der Waals surface area (Å²) >= 11 is 0. The molecule has 0 bridgehead atoms. The number of hydrogen-bond donors (Lipinski definition) is 1. The molecule has 0 radical (unpaired) electrons. The number of fused-ring (bicyclic) bond motifs is 2. The van der Waals surface area contributed by atoms with E-state index in [2.05, 4.69) is 42.0 Å². The number of hydrogen-bond acceptors (Lipinski definition) is 4. The lowest BCUT2D eigenvalue weighted by Gasteiger charge is -2.16. The molecule has 23 heavy (non-hydrogen) atoms. The van der Waals surface area contributed by atoms with Crippen LogP contribution in [0.4, 0.5) is 0 Å². The molecule has 1 N–H and O–H groups in total. The van der Waals surface area contributed by atoms with Crippen molar-refractivity contribution in [3.05, 3.63) is 46.8 Å². The molecule has 0 spiro atoms. The van der Waals surface area contributed by atoms with Crippen molar-refractivity contribution < 1.29 is 9.84 Å². The van der Waals surface area contributed by atoms with Gasteiger partial charge in [0.05, 0.1) is 25.0 Å². The molecule has 5 nitrogen and oxygen atoms in total. The van der Waals surface area contributed by atoms with Gasteiger partial charge in [-0.15, -0.1) is 0 Å². The second kappa shape index (κ2) is 5.35. The molecule has 0 aliphatic carbocycles. The fraction of sp³-hybridized carbons (Fsp3) is 0.500. The Morgan fingerprint density at radius 1 is 1.26 bits per heavy atom. The molecule has 2 aromatic rings. The zero-order valence-corrected chi connectivity index (χ0v) is 13.7. The highest BCUT2D eigenvalue weighted by Gasteiger charge is 2.30. The summed E-state index contributed by atoms with van der Waals surface area (Å²) in [7, 11) is 0. The Balaban J connectivity index is 1.46. The summed E-state index contributed by atoms with van der Waals surface area (Å²) in [6.45, 7) is 7.74. The van der Waals surface area contributed by atoms with Crippen LogP contribution in [-0.2, 0) is 32.6 Å². The van der Waals surface area contributed by atoms with E-state index in [0.29, 0.717) is 6.54 Å². The minimum Gasteiger partial charge on any atom is -0.487 e. The fourth-order valence-electron chi connectivity index (χ4n) is 3.69. The van der Waals surface area contributed by atoms with E-state index in [9.17, 15) is 0 Å². The highest BCUT2D eigenvalue weighted by Crippen LogP contribution is 2.35. The predicted octanol–water partition coefficient (Wildman–Crippen LogP) is 2.10. The highest BCUT2D eigenvalue weighted by atomic mass is 16.5. The summed E-state index contributed by atoms with van der Waals surface area (Å²) < 4.78 is 7.88. The van der Waals surface area contributed by atoms with Gasteiger partial charge in [0.25, 0.3) is 0 Å². The molecular weight excluding hydrogens is 290 g/mol. The molecule has 4 rings (SSSR count). The SMILES string of the molecule is CC1(C)Cc2cc(CN3Cc4cnn(CCO)c4C3)ccc2O1. The van der Waals surface area contributed by atoms with Crippen LogP contribution in [0.3, 0.4) is 0 Å². The first-order valence-corrected chi connectivity index (χ1v) is 8.22. The van der Waals surface area contributed by atoms with E-state index in [4.69, 9.17) is 9.84 Å². The second-order valence-electron chi connectivity index (χ2n) is 7.19. The van der Waals surface area contributed by atoms with Crippen LogP contribution in [0.25, 0.3) is 0 Å². The molecule has 0 unspecified atom stereocenters. The Hall–Kier alpha value is -1.85. The van der Waals surface area contributed by atoms with Gasteiger partial charge < -0.3 is 9.84 Å². The van der Waals surface area contributed by atoms with Crippen molar-refractivity contribution in [1.29, 1.82) is 0 Å². The van der Waals surface area contributed by atoms with Crippen molar-refractivity contribution in [1.82, 2.24) is 14.7 Å². The number of aromatic nitrogens is 2. The molecule has 2 aliphatic heterocycles. The smallest absolute Gasteiger partial charge is 0.123 e. The van der Waals surface area contributed by atoms with Gasteiger partial charge in [0.2, 0.25) is 0 Å². The molecule has 2 aliphatic rings. The molecule has 0 amide bonds. The third-order valence-electron chi connectivity index (χ3n) is 4.65. The van der Waals surface area contributed by atoms with E-state index < -0.39 is 0 Å². The zero-order valence-electron chi connectivity index (χ0n) is 13.7. The van der Waals surface area contributed by atoms with Crippen molar-refractivity contribution in [2.24, 2.45) is 0 Å². The van der Waals surface area contributed by atoms with Crippen LogP contribution in [0.1, 0.15) is 36.2 Å². The number of aliphatic hydroxyl groups excluding tert-OH is 1. The molecule has 1 aromatic heterocycles. The van der Waals surface area contributed by atoms with Gasteiger partial charge in [-0.05, 0) is 31.0 Å². The van der Waals surface area contributed by atoms with E-state index in [0.717, 1.165) is 31.8 Å². The first-order valence-electron chi connectivity index (χ1n) is 8.22. The van der Waals surface area contributed by atoms with Crippen LogP contribution in [-0.4, -0.2) is 32.0 Å². The van der Waals surface area contributed by atoms with Crippen LogP contribution in [0, 0.1) is 0 Å². The predicted molar refractivity (Wildman–Crippen MR) is 87.1 cm³/mol. The minimum atomic E-state index is -0.0847. The Morgan fingerprint density at radius 3 is 2.96 bits per heavy atom. The standard InChI is InChI=1S/C18H23N3O2/c1-18(2)8-14-7-13(3-4-17(14)23-18)10-20-11-15-9-19-21(5-6-22)16(15)12-20/h3-4,7,9,22H,5-6,8,10-12H2,1-2H3. The summed E-state index contributed by atoms with van der Waals surface area (Å²) in [5.74, 6) is 1.03. The maximum atomic E-state index is 9.12. The van der Waals surface area contributed by atoms with Gasteiger partial charge in [-0.3, -0.25) is 9.58 Å². The van der Waals surface area contributed by atoms with Crippen molar-refractivity contribution >= 4 is 0 Å². The normalized spacial score (nSPS) is 18.7. The fourth-order valence-corrected chi connectivity index (χ4v) is 3.69. The number of rotatable bonds is 4. The van der Waals surface area contributed by atoms with Crippen molar-refractivity contribution in [3.63, 3.8) is 0 Å². The topological polar surface area (TPSA) is 50.5 Å². The van der Waals surface area contributed by atoms with Crippen molar-refractivity contribution in [3.8, 4) is 5.75 Å². The number of benzene rings is 1. The monoisotopic (exact) mass is 313 g/mol. The number of nitrogens with zero attached hydrogens (tertiary/aromatic N) is 3. The Kier molecular flexibility index (Phi) is 3.43. The Morgan fingerprint density at radius 2 is 2.13 bits per heavy atom. The zero-order chi connectivity index (χ0) is 16.0. The van der Waals surface area contributed by atoms with Gasteiger partial charge in [-0.2, -0.15) is 5.10 Å². The molecule has 0 saturated heterocycles. The van der Waals surface area contributed by atoms with E-state index in [1.54, 1.807) is 0 Å². The van der Waals surface area contributed by atoms with Gasteiger partial charge in [-0.25, -0.2) is 0 Å². The first kappa shape index (κ1) is 14.7. The van der Waals surface area contributed by atoms with Crippen molar-refractivity contribution in [2.45, 2.75) is 52.0 Å². The average molecular weight is 313 g/mol. The van der Waals surface area contributed by atoms with Gasteiger partial charge in [0, 0.05) is 31.6 Å². The third-order valence-corrected chi connectivity index (χ3v) is 4.65. The lowest BCUT2D eigenvalue weighted by atomic mass is 10.00.